The lowest BCUT2D eigenvalue weighted by molar-refractivity contribution is -0.383. The summed E-state index contributed by atoms with van der Waals surface area (Å²) >= 11 is 0. The molecule has 96 valence electrons. The molecule has 0 spiro atoms. The summed E-state index contributed by atoms with van der Waals surface area (Å²) in [7, 11) is 0. The average Bonchev–Trinajstić information content (AvgIpc) is 2.83. The maximum absolute atomic E-state index is 10.8. The van der Waals surface area contributed by atoms with Crippen molar-refractivity contribution >= 4 is 16.7 Å². The molecule has 0 radical (unpaired) electrons. The molecular weight excluding hydrogens is 240 g/mol. The number of nitrogens with one attached hydrogen (secondary N) is 1. The smallest absolute Gasteiger partial charge is 0.301 e. The van der Waals surface area contributed by atoms with Crippen LogP contribution in [0.15, 0.2) is 16.8 Å². The minimum absolute atomic E-state index is 0.0981. The van der Waals surface area contributed by atoms with Crippen molar-refractivity contribution < 1.29 is 14.3 Å². The van der Waals surface area contributed by atoms with Crippen molar-refractivity contribution in [3.8, 4) is 5.75 Å². The Morgan fingerprint density at radius 1 is 1.44 bits per heavy atom. The van der Waals surface area contributed by atoms with Gasteiger partial charge in [-0.05, 0) is 22.9 Å². The molecule has 1 aromatic carbocycles. The third kappa shape index (κ3) is 2.38. The summed E-state index contributed by atoms with van der Waals surface area (Å²) in [6, 6.07) is 2.83. The van der Waals surface area contributed by atoms with E-state index < -0.39 is 4.92 Å². The molecule has 0 aliphatic rings. The second kappa shape index (κ2) is 5.41. The van der Waals surface area contributed by atoms with Crippen LogP contribution in [0.2, 0.25) is 0 Å². The van der Waals surface area contributed by atoms with E-state index in [0.717, 1.165) is 6.54 Å². The molecule has 8 heteroatoms. The molecule has 0 amide bonds. The van der Waals surface area contributed by atoms with Crippen LogP contribution in [0.4, 0.5) is 5.69 Å². The third-order valence-electron chi connectivity index (χ3n) is 2.34. The number of likely N-dealkylation sites (N-methyl/N-ethyl adjacent to an activating group) is 1. The van der Waals surface area contributed by atoms with E-state index in [4.69, 9.17) is 4.74 Å². The number of nitro benzene ring substituents is 1. The zero-order chi connectivity index (χ0) is 13.0. The maximum Gasteiger partial charge on any atom is 0.301 e. The largest absolute Gasteiger partial charge is 0.490 e. The quantitative estimate of drug-likeness (QED) is 0.466. The number of hydrogen-bond acceptors (Lipinski definition) is 7. The van der Waals surface area contributed by atoms with E-state index in [2.05, 4.69) is 20.3 Å². The van der Waals surface area contributed by atoms with Crippen molar-refractivity contribution in [3.63, 3.8) is 0 Å². The highest BCUT2D eigenvalue weighted by molar-refractivity contribution is 5.88. The molecule has 1 heterocycles. The Morgan fingerprint density at radius 2 is 2.22 bits per heavy atom. The molecule has 1 aromatic heterocycles. The van der Waals surface area contributed by atoms with Gasteiger partial charge in [0.15, 0.2) is 11.3 Å². The number of fused-ring (bicyclic) bond motifs is 1. The first-order valence-corrected chi connectivity index (χ1v) is 5.47. The van der Waals surface area contributed by atoms with Crippen molar-refractivity contribution in [2.75, 3.05) is 19.7 Å². The molecule has 8 nitrogen and oxygen atoms in total. The summed E-state index contributed by atoms with van der Waals surface area (Å²) in [5.41, 5.74) is 0.215. The minimum atomic E-state index is -0.533. The summed E-state index contributed by atoms with van der Waals surface area (Å²) in [4.78, 5) is 10.2. The molecule has 0 unspecified atom stereocenters. The lowest BCUT2D eigenvalue weighted by atomic mass is 10.2. The number of hydrogen-bond donors (Lipinski definition) is 1. The number of nitro groups is 1. The van der Waals surface area contributed by atoms with Gasteiger partial charge in [0.2, 0.25) is 5.52 Å². The molecular formula is C10H12N4O4. The van der Waals surface area contributed by atoms with E-state index in [0.29, 0.717) is 18.9 Å². The van der Waals surface area contributed by atoms with Crippen molar-refractivity contribution in [1.82, 2.24) is 15.6 Å². The topological polar surface area (TPSA) is 103 Å². The molecule has 0 saturated heterocycles. The van der Waals surface area contributed by atoms with E-state index in [1.54, 1.807) is 0 Å². The van der Waals surface area contributed by atoms with E-state index >= 15 is 0 Å². The molecule has 0 atom stereocenters. The van der Waals surface area contributed by atoms with Crippen LogP contribution in [-0.2, 0) is 0 Å². The summed E-state index contributed by atoms with van der Waals surface area (Å²) in [6.07, 6.45) is 0. The Labute approximate surface area is 102 Å². The average molecular weight is 252 g/mol. The fourth-order valence-electron chi connectivity index (χ4n) is 1.50. The first kappa shape index (κ1) is 12.2. The van der Waals surface area contributed by atoms with Crippen LogP contribution in [-0.4, -0.2) is 34.9 Å². The highest BCUT2D eigenvalue weighted by Crippen LogP contribution is 2.29. The number of non-ortho nitro benzene ring substituents is 1. The summed E-state index contributed by atoms with van der Waals surface area (Å²) < 4.78 is 9.99. The third-order valence-corrected chi connectivity index (χ3v) is 2.34. The van der Waals surface area contributed by atoms with Gasteiger partial charge in [-0.3, -0.25) is 10.1 Å². The van der Waals surface area contributed by atoms with Crippen LogP contribution in [0.25, 0.3) is 11.0 Å². The lowest BCUT2D eigenvalue weighted by Gasteiger charge is -2.05. The second-order valence-electron chi connectivity index (χ2n) is 3.50. The molecule has 2 aromatic rings. The van der Waals surface area contributed by atoms with Gasteiger partial charge >= 0.3 is 5.69 Å². The van der Waals surface area contributed by atoms with Crippen LogP contribution in [0.3, 0.4) is 0 Å². The predicted molar refractivity (Wildman–Crippen MR) is 62.5 cm³/mol. The van der Waals surface area contributed by atoms with Crippen molar-refractivity contribution in [1.29, 1.82) is 0 Å². The van der Waals surface area contributed by atoms with Crippen LogP contribution in [0.1, 0.15) is 6.92 Å². The van der Waals surface area contributed by atoms with Gasteiger partial charge in [-0.1, -0.05) is 6.92 Å². The van der Waals surface area contributed by atoms with Crippen molar-refractivity contribution in [2.24, 2.45) is 0 Å². The number of nitrogens with zero attached hydrogens (tertiary/aromatic N) is 3. The zero-order valence-electron chi connectivity index (χ0n) is 9.75. The Kier molecular flexibility index (Phi) is 3.68. The number of benzene rings is 1. The van der Waals surface area contributed by atoms with E-state index in [1.807, 2.05) is 6.92 Å². The fraction of sp³-hybridized carbons (Fsp3) is 0.400. The van der Waals surface area contributed by atoms with Gasteiger partial charge in [0, 0.05) is 12.6 Å². The van der Waals surface area contributed by atoms with Crippen LogP contribution in [0, 0.1) is 10.1 Å². The lowest BCUT2D eigenvalue weighted by Crippen LogP contribution is -2.20. The summed E-state index contributed by atoms with van der Waals surface area (Å²) in [6.45, 7) is 3.96. The highest BCUT2D eigenvalue weighted by atomic mass is 16.6. The molecule has 0 bridgehead atoms. The van der Waals surface area contributed by atoms with Crippen molar-refractivity contribution in [2.45, 2.75) is 6.92 Å². The summed E-state index contributed by atoms with van der Waals surface area (Å²) in [5.74, 6) is 0.426. The molecule has 0 aliphatic carbocycles. The zero-order valence-corrected chi connectivity index (χ0v) is 9.75. The maximum atomic E-state index is 10.8. The SMILES string of the molecule is CCNCCOc1ccc([N+](=O)[O-])c2nonc12. The molecule has 2 rings (SSSR count). The Bertz CT molecular complexity index is 554. The van der Waals surface area contributed by atoms with Crippen molar-refractivity contribution in [3.05, 3.63) is 22.2 Å². The minimum Gasteiger partial charge on any atom is -0.490 e. The van der Waals surface area contributed by atoms with Crippen LogP contribution >= 0.6 is 0 Å². The van der Waals surface area contributed by atoms with Crippen LogP contribution < -0.4 is 10.1 Å². The van der Waals surface area contributed by atoms with Gasteiger partial charge < -0.3 is 10.1 Å². The summed E-state index contributed by atoms with van der Waals surface area (Å²) in [5, 5.41) is 21.0. The molecule has 1 N–H and O–H groups in total. The first-order valence-electron chi connectivity index (χ1n) is 5.47. The highest BCUT2D eigenvalue weighted by Gasteiger charge is 2.20. The van der Waals surface area contributed by atoms with Gasteiger partial charge in [0.05, 0.1) is 4.92 Å². The monoisotopic (exact) mass is 252 g/mol. The normalized spacial score (nSPS) is 10.7. The molecule has 0 fully saturated rings. The predicted octanol–water partition coefficient (Wildman–Crippen LogP) is 1.12. The van der Waals surface area contributed by atoms with Gasteiger partial charge in [-0.15, -0.1) is 0 Å². The first-order chi connectivity index (χ1) is 8.74. The number of rotatable bonds is 6. The van der Waals surface area contributed by atoms with E-state index in [-0.39, 0.29) is 16.7 Å². The van der Waals surface area contributed by atoms with Gasteiger partial charge in [-0.2, -0.15) is 0 Å². The number of aromatic nitrogens is 2. The van der Waals surface area contributed by atoms with E-state index in [9.17, 15) is 10.1 Å². The van der Waals surface area contributed by atoms with E-state index in [1.165, 1.54) is 12.1 Å². The molecule has 0 saturated carbocycles. The Morgan fingerprint density at radius 3 is 2.94 bits per heavy atom. The number of ether oxygens (including phenoxy) is 1. The Balaban J connectivity index is 2.22. The second-order valence-corrected chi connectivity index (χ2v) is 3.50. The fourth-order valence-corrected chi connectivity index (χ4v) is 1.50. The molecule has 18 heavy (non-hydrogen) atoms. The van der Waals surface area contributed by atoms with Gasteiger partial charge in [-0.25, -0.2) is 4.63 Å². The van der Waals surface area contributed by atoms with Crippen LogP contribution in [0.5, 0.6) is 5.75 Å². The molecule has 0 aliphatic heterocycles. The van der Waals surface area contributed by atoms with Gasteiger partial charge in [0.25, 0.3) is 0 Å². The van der Waals surface area contributed by atoms with Gasteiger partial charge in [0.1, 0.15) is 6.61 Å². The standard InChI is InChI=1S/C10H12N4O4/c1-2-11-5-6-17-8-4-3-7(14(15)16)9-10(8)13-18-12-9/h3-4,11H,2,5-6H2,1H3. The Hall–Kier alpha value is -2.22.